The fourth-order valence-electron chi connectivity index (χ4n) is 3.20. The summed E-state index contributed by atoms with van der Waals surface area (Å²) in [7, 11) is 0. The minimum absolute atomic E-state index is 0.142. The number of nitrogens with two attached hydrogens (primary N) is 1. The van der Waals surface area contributed by atoms with E-state index in [0.717, 1.165) is 34.7 Å². The van der Waals surface area contributed by atoms with Gasteiger partial charge in [0.05, 0.1) is 0 Å². The Balaban J connectivity index is 2.22. The highest BCUT2D eigenvalue weighted by atomic mass is 79.9. The molecule has 0 radical (unpaired) electrons. The van der Waals surface area contributed by atoms with Gasteiger partial charge < -0.3 is 10.6 Å². The van der Waals surface area contributed by atoms with Gasteiger partial charge >= 0.3 is 0 Å². The van der Waals surface area contributed by atoms with Crippen LogP contribution in [0.15, 0.2) is 22.7 Å². The molecule has 0 aromatic heterocycles. The Hall–Kier alpha value is -1.03. The molecule has 0 amide bonds. The molecule has 116 valence electrons. The number of hydrogen-bond acceptors (Lipinski definition) is 2. The first-order valence-corrected chi connectivity index (χ1v) is 8.47. The lowest BCUT2D eigenvalue weighted by Crippen LogP contribution is -2.28. The molecule has 1 heterocycles. The van der Waals surface area contributed by atoms with E-state index in [4.69, 9.17) is 11.1 Å². The summed E-state index contributed by atoms with van der Waals surface area (Å²) in [6, 6.07) is 6.07. The van der Waals surface area contributed by atoms with Crippen LogP contribution in [0, 0.1) is 16.7 Å². The van der Waals surface area contributed by atoms with Crippen LogP contribution in [0.1, 0.15) is 45.6 Å². The highest BCUT2D eigenvalue weighted by Crippen LogP contribution is 2.36. The molecule has 1 unspecified atom stereocenters. The SMILES string of the molecule is CC(C)(C)C1CCCN(c2ccc(Br)cc2C(=N)N)CC1. The van der Waals surface area contributed by atoms with Crippen LogP contribution in [0.3, 0.4) is 0 Å². The highest BCUT2D eigenvalue weighted by molar-refractivity contribution is 9.10. The van der Waals surface area contributed by atoms with Crippen molar-refractivity contribution in [2.75, 3.05) is 18.0 Å². The van der Waals surface area contributed by atoms with E-state index in [1.165, 1.54) is 19.3 Å². The van der Waals surface area contributed by atoms with Crippen molar-refractivity contribution in [1.29, 1.82) is 5.41 Å². The van der Waals surface area contributed by atoms with Gasteiger partial charge in [0.2, 0.25) is 0 Å². The monoisotopic (exact) mass is 351 g/mol. The molecule has 21 heavy (non-hydrogen) atoms. The number of nitrogens with zero attached hydrogens (tertiary/aromatic N) is 1. The summed E-state index contributed by atoms with van der Waals surface area (Å²) in [5.41, 5.74) is 8.07. The number of benzene rings is 1. The molecular formula is C17H26BrN3. The second-order valence-electron chi connectivity index (χ2n) is 7.06. The Morgan fingerprint density at radius 3 is 2.62 bits per heavy atom. The van der Waals surface area contributed by atoms with E-state index in [0.29, 0.717) is 5.41 Å². The van der Waals surface area contributed by atoms with E-state index in [-0.39, 0.29) is 5.84 Å². The summed E-state index contributed by atoms with van der Waals surface area (Å²) in [5.74, 6) is 0.904. The quantitative estimate of drug-likeness (QED) is 0.613. The number of nitrogen functional groups attached to an aromatic ring is 1. The van der Waals surface area contributed by atoms with Gasteiger partial charge in [0.1, 0.15) is 5.84 Å². The van der Waals surface area contributed by atoms with E-state index in [2.05, 4.69) is 47.7 Å². The third-order valence-electron chi connectivity index (χ3n) is 4.54. The molecule has 1 aliphatic rings. The molecule has 3 N–H and O–H groups in total. The van der Waals surface area contributed by atoms with Crippen molar-refractivity contribution in [1.82, 2.24) is 0 Å². The predicted octanol–water partition coefficient (Wildman–Crippen LogP) is 4.39. The van der Waals surface area contributed by atoms with Gasteiger partial charge in [-0.2, -0.15) is 0 Å². The van der Waals surface area contributed by atoms with Crippen LogP contribution < -0.4 is 10.6 Å². The van der Waals surface area contributed by atoms with Gasteiger partial charge in [0, 0.05) is 28.8 Å². The average molecular weight is 352 g/mol. The van der Waals surface area contributed by atoms with Crippen molar-refractivity contribution >= 4 is 27.5 Å². The molecule has 1 aromatic carbocycles. The summed E-state index contributed by atoms with van der Waals surface area (Å²) in [6.45, 7) is 9.12. The van der Waals surface area contributed by atoms with Crippen LogP contribution in [0.25, 0.3) is 0 Å². The molecule has 4 heteroatoms. The Labute approximate surface area is 136 Å². The standard InChI is InChI=1S/C17H26BrN3/c1-17(2,3)12-5-4-9-21(10-8-12)15-7-6-13(18)11-14(15)16(19)20/h6-7,11-12H,4-5,8-10H2,1-3H3,(H3,19,20). The summed E-state index contributed by atoms with van der Waals surface area (Å²) < 4.78 is 0.971. The zero-order valence-electron chi connectivity index (χ0n) is 13.2. The summed E-state index contributed by atoms with van der Waals surface area (Å²) in [5, 5.41) is 7.82. The molecule has 1 fully saturated rings. The number of anilines is 1. The van der Waals surface area contributed by atoms with Gasteiger partial charge in [0.25, 0.3) is 0 Å². The zero-order chi connectivity index (χ0) is 15.6. The number of hydrogen-bond donors (Lipinski definition) is 2. The van der Waals surface area contributed by atoms with Crippen LogP contribution in [0.5, 0.6) is 0 Å². The number of rotatable bonds is 2. The lowest BCUT2D eigenvalue weighted by molar-refractivity contribution is 0.220. The van der Waals surface area contributed by atoms with Gasteiger partial charge in [-0.15, -0.1) is 0 Å². The molecule has 0 aliphatic carbocycles. The molecule has 0 bridgehead atoms. The van der Waals surface area contributed by atoms with Gasteiger partial charge in [-0.05, 0) is 48.8 Å². The Bertz CT molecular complexity index is 519. The van der Waals surface area contributed by atoms with Crippen molar-refractivity contribution in [3.05, 3.63) is 28.2 Å². The maximum atomic E-state index is 7.82. The first-order chi connectivity index (χ1) is 9.79. The highest BCUT2D eigenvalue weighted by Gasteiger charge is 2.27. The molecule has 3 nitrogen and oxygen atoms in total. The zero-order valence-corrected chi connectivity index (χ0v) is 14.8. The Kier molecular flexibility index (Phi) is 4.97. The molecule has 1 saturated heterocycles. The van der Waals surface area contributed by atoms with Crippen molar-refractivity contribution < 1.29 is 0 Å². The summed E-state index contributed by atoms with van der Waals surface area (Å²) >= 11 is 3.47. The summed E-state index contributed by atoms with van der Waals surface area (Å²) in [6.07, 6.45) is 3.69. The fourth-order valence-corrected chi connectivity index (χ4v) is 3.56. The van der Waals surface area contributed by atoms with E-state index in [1.54, 1.807) is 0 Å². The molecular weight excluding hydrogens is 326 g/mol. The topological polar surface area (TPSA) is 53.1 Å². The number of halogens is 1. The van der Waals surface area contributed by atoms with Gasteiger partial charge in [-0.1, -0.05) is 36.7 Å². The third-order valence-corrected chi connectivity index (χ3v) is 5.04. The van der Waals surface area contributed by atoms with Gasteiger partial charge in [-0.25, -0.2) is 0 Å². The minimum Gasteiger partial charge on any atom is -0.384 e. The first-order valence-electron chi connectivity index (χ1n) is 7.68. The number of amidine groups is 1. The lowest BCUT2D eigenvalue weighted by atomic mass is 9.77. The average Bonchev–Trinajstić information content (AvgIpc) is 2.63. The maximum absolute atomic E-state index is 7.82. The molecule has 1 aromatic rings. The summed E-state index contributed by atoms with van der Waals surface area (Å²) in [4.78, 5) is 2.40. The van der Waals surface area contributed by atoms with Crippen LogP contribution >= 0.6 is 15.9 Å². The smallest absolute Gasteiger partial charge is 0.124 e. The molecule has 0 spiro atoms. The van der Waals surface area contributed by atoms with E-state index in [1.807, 2.05) is 12.1 Å². The molecule has 1 aliphatic heterocycles. The first kappa shape index (κ1) is 16.3. The predicted molar refractivity (Wildman–Crippen MR) is 94.2 cm³/mol. The van der Waals surface area contributed by atoms with Crippen molar-refractivity contribution in [2.24, 2.45) is 17.1 Å². The van der Waals surface area contributed by atoms with Gasteiger partial charge in [-0.3, -0.25) is 5.41 Å². The van der Waals surface area contributed by atoms with Crippen LogP contribution in [-0.2, 0) is 0 Å². The Morgan fingerprint density at radius 1 is 1.29 bits per heavy atom. The fraction of sp³-hybridized carbons (Fsp3) is 0.588. The third kappa shape index (κ3) is 4.00. The van der Waals surface area contributed by atoms with Crippen molar-refractivity contribution in [2.45, 2.75) is 40.0 Å². The van der Waals surface area contributed by atoms with Crippen LogP contribution in [0.2, 0.25) is 0 Å². The molecule has 1 atom stereocenters. The van der Waals surface area contributed by atoms with Crippen molar-refractivity contribution in [3.8, 4) is 0 Å². The normalized spacial score (nSPS) is 20.2. The molecule has 2 rings (SSSR count). The second kappa shape index (κ2) is 6.39. The van der Waals surface area contributed by atoms with E-state index in [9.17, 15) is 0 Å². The van der Waals surface area contributed by atoms with E-state index < -0.39 is 0 Å². The number of nitrogens with one attached hydrogen (secondary N) is 1. The maximum Gasteiger partial charge on any atom is 0.124 e. The van der Waals surface area contributed by atoms with E-state index >= 15 is 0 Å². The molecule has 0 saturated carbocycles. The van der Waals surface area contributed by atoms with Crippen LogP contribution in [0.4, 0.5) is 5.69 Å². The second-order valence-corrected chi connectivity index (χ2v) is 7.97. The van der Waals surface area contributed by atoms with Crippen molar-refractivity contribution in [3.63, 3.8) is 0 Å². The van der Waals surface area contributed by atoms with Crippen LogP contribution in [-0.4, -0.2) is 18.9 Å². The lowest BCUT2D eigenvalue weighted by Gasteiger charge is -2.30. The minimum atomic E-state index is 0.142. The van der Waals surface area contributed by atoms with Gasteiger partial charge in [0.15, 0.2) is 0 Å². The Morgan fingerprint density at radius 2 is 2.00 bits per heavy atom. The largest absolute Gasteiger partial charge is 0.384 e.